The molecule has 0 bridgehead atoms. The highest BCUT2D eigenvalue weighted by Crippen LogP contribution is 2.38. The fourth-order valence-corrected chi connectivity index (χ4v) is 3.62. The van der Waals surface area contributed by atoms with Crippen LogP contribution in [0.3, 0.4) is 0 Å². The molecule has 2 rings (SSSR count). The molecule has 24 heavy (non-hydrogen) atoms. The average Bonchev–Trinajstić information content (AvgIpc) is 2.60. The molecule has 0 radical (unpaired) electrons. The van der Waals surface area contributed by atoms with Crippen molar-refractivity contribution < 1.29 is 19.1 Å². The SMILES string of the molecule is C=C1C(=O)OCCCCCCOC(=O)C(C)SC1c1ccccc1. The number of carbonyl (C=O) groups excluding carboxylic acids is 2. The van der Waals surface area contributed by atoms with Gasteiger partial charge in [0.15, 0.2) is 0 Å². The minimum Gasteiger partial charge on any atom is -0.465 e. The zero-order chi connectivity index (χ0) is 17.4. The predicted molar refractivity (Wildman–Crippen MR) is 95.8 cm³/mol. The lowest BCUT2D eigenvalue weighted by Gasteiger charge is -2.22. The minimum atomic E-state index is -0.394. The Morgan fingerprint density at radius 2 is 1.62 bits per heavy atom. The average molecular weight is 348 g/mol. The first-order valence-electron chi connectivity index (χ1n) is 8.32. The molecule has 4 nitrogen and oxygen atoms in total. The van der Waals surface area contributed by atoms with Crippen molar-refractivity contribution in [2.45, 2.75) is 43.1 Å². The number of hydrogen-bond acceptors (Lipinski definition) is 5. The van der Waals surface area contributed by atoms with Crippen molar-refractivity contribution >= 4 is 23.7 Å². The highest BCUT2D eigenvalue weighted by atomic mass is 32.2. The summed E-state index contributed by atoms with van der Waals surface area (Å²) in [6, 6.07) is 9.58. The molecule has 1 aliphatic heterocycles. The van der Waals surface area contributed by atoms with E-state index in [0.29, 0.717) is 18.8 Å². The van der Waals surface area contributed by atoms with Crippen LogP contribution in [0.4, 0.5) is 0 Å². The summed E-state index contributed by atoms with van der Waals surface area (Å²) >= 11 is 1.37. The second-order valence-corrected chi connectivity index (χ2v) is 7.26. The lowest BCUT2D eigenvalue weighted by molar-refractivity contribution is -0.143. The van der Waals surface area contributed by atoms with Crippen LogP contribution in [0.1, 0.15) is 43.4 Å². The lowest BCUT2D eigenvalue weighted by Crippen LogP contribution is -2.21. The first kappa shape index (κ1) is 18.6. The summed E-state index contributed by atoms with van der Waals surface area (Å²) in [6.45, 7) is 6.58. The van der Waals surface area contributed by atoms with Gasteiger partial charge in [-0.25, -0.2) is 4.79 Å². The van der Waals surface area contributed by atoms with E-state index in [4.69, 9.17) is 9.47 Å². The maximum atomic E-state index is 12.3. The van der Waals surface area contributed by atoms with Gasteiger partial charge in [-0.1, -0.05) is 36.9 Å². The molecule has 0 saturated carbocycles. The van der Waals surface area contributed by atoms with E-state index in [9.17, 15) is 9.59 Å². The van der Waals surface area contributed by atoms with Crippen molar-refractivity contribution in [3.63, 3.8) is 0 Å². The fourth-order valence-electron chi connectivity index (χ4n) is 2.46. The predicted octanol–water partition coefficient (Wildman–Crippen LogP) is 4.07. The van der Waals surface area contributed by atoms with Gasteiger partial charge in [-0.15, -0.1) is 11.8 Å². The summed E-state index contributed by atoms with van der Waals surface area (Å²) in [6.07, 6.45) is 3.56. The smallest absolute Gasteiger partial charge is 0.334 e. The second kappa shape index (κ2) is 9.52. The van der Waals surface area contributed by atoms with E-state index in [2.05, 4.69) is 6.58 Å². The Morgan fingerprint density at radius 1 is 1.00 bits per heavy atom. The topological polar surface area (TPSA) is 52.6 Å². The number of carbonyl (C=O) groups is 2. The fraction of sp³-hybridized carbons (Fsp3) is 0.474. The van der Waals surface area contributed by atoms with Crippen LogP contribution in [0, 0.1) is 0 Å². The van der Waals surface area contributed by atoms with Gasteiger partial charge >= 0.3 is 11.9 Å². The van der Waals surface area contributed by atoms with Gasteiger partial charge in [0.1, 0.15) is 5.25 Å². The number of ether oxygens (including phenoxy) is 2. The van der Waals surface area contributed by atoms with Crippen LogP contribution in [0.2, 0.25) is 0 Å². The standard InChI is InChI=1S/C19H24O4S/c1-14-17(16-10-6-5-7-11-16)24-15(2)19(21)23-13-9-4-3-8-12-22-18(14)20/h5-7,10-11,15,17H,1,3-4,8-9,12-13H2,2H3. The van der Waals surface area contributed by atoms with Crippen molar-refractivity contribution in [3.05, 3.63) is 48.0 Å². The van der Waals surface area contributed by atoms with Crippen LogP contribution in [-0.4, -0.2) is 30.4 Å². The van der Waals surface area contributed by atoms with Crippen LogP contribution in [0.5, 0.6) is 0 Å². The molecule has 1 aromatic rings. The largest absolute Gasteiger partial charge is 0.465 e. The van der Waals surface area contributed by atoms with Crippen molar-refractivity contribution in [1.29, 1.82) is 0 Å². The van der Waals surface area contributed by atoms with E-state index in [0.717, 1.165) is 31.2 Å². The molecule has 5 heteroatoms. The van der Waals surface area contributed by atoms with Crippen LogP contribution in [-0.2, 0) is 19.1 Å². The van der Waals surface area contributed by atoms with Gasteiger partial charge in [-0.3, -0.25) is 4.79 Å². The normalized spacial score (nSPS) is 24.6. The summed E-state index contributed by atoms with van der Waals surface area (Å²) in [4.78, 5) is 24.5. The molecular formula is C19H24O4S. The van der Waals surface area contributed by atoms with Gasteiger partial charge in [0, 0.05) is 5.57 Å². The summed E-state index contributed by atoms with van der Waals surface area (Å²) in [5.74, 6) is -0.645. The Balaban J connectivity index is 2.19. The Bertz CT molecular complexity index is 570. The highest BCUT2D eigenvalue weighted by Gasteiger charge is 2.28. The summed E-state index contributed by atoms with van der Waals surface area (Å²) < 4.78 is 10.7. The number of esters is 2. The Morgan fingerprint density at radius 3 is 2.29 bits per heavy atom. The molecule has 130 valence electrons. The van der Waals surface area contributed by atoms with Crippen LogP contribution < -0.4 is 0 Å². The van der Waals surface area contributed by atoms with E-state index in [1.54, 1.807) is 6.92 Å². The number of benzene rings is 1. The van der Waals surface area contributed by atoms with Gasteiger partial charge in [0.2, 0.25) is 0 Å². The van der Waals surface area contributed by atoms with Gasteiger partial charge in [-0.2, -0.15) is 0 Å². The third-order valence-corrected chi connectivity index (χ3v) is 5.30. The van der Waals surface area contributed by atoms with Gasteiger partial charge in [0.05, 0.1) is 18.5 Å². The van der Waals surface area contributed by atoms with Crippen molar-refractivity contribution in [1.82, 2.24) is 0 Å². The molecule has 0 spiro atoms. The third-order valence-electron chi connectivity index (χ3n) is 3.87. The van der Waals surface area contributed by atoms with Crippen molar-refractivity contribution in [2.75, 3.05) is 13.2 Å². The van der Waals surface area contributed by atoms with Gasteiger partial charge in [0.25, 0.3) is 0 Å². The number of thioether (sulfide) groups is 1. The summed E-state index contributed by atoms with van der Waals surface area (Å²) in [7, 11) is 0. The van der Waals surface area contributed by atoms with E-state index in [1.807, 2.05) is 30.3 Å². The highest BCUT2D eigenvalue weighted by molar-refractivity contribution is 8.01. The summed E-state index contributed by atoms with van der Waals surface area (Å²) in [5.41, 5.74) is 1.29. The molecule has 2 unspecified atom stereocenters. The molecule has 0 N–H and O–H groups in total. The molecule has 0 aromatic heterocycles. The third kappa shape index (κ3) is 5.41. The molecule has 1 saturated heterocycles. The molecule has 0 aliphatic carbocycles. The molecule has 1 aromatic carbocycles. The molecular weight excluding hydrogens is 324 g/mol. The van der Waals surface area contributed by atoms with E-state index in [1.165, 1.54) is 11.8 Å². The molecule has 1 aliphatic rings. The Kier molecular flexibility index (Phi) is 7.37. The van der Waals surface area contributed by atoms with Crippen LogP contribution in [0.15, 0.2) is 42.5 Å². The van der Waals surface area contributed by atoms with Crippen molar-refractivity contribution in [2.24, 2.45) is 0 Å². The van der Waals surface area contributed by atoms with Crippen LogP contribution in [0.25, 0.3) is 0 Å². The quantitative estimate of drug-likeness (QED) is 0.566. The van der Waals surface area contributed by atoms with Gasteiger partial charge in [-0.05, 0) is 38.2 Å². The number of hydrogen-bond donors (Lipinski definition) is 0. The zero-order valence-corrected chi connectivity index (χ0v) is 14.8. The van der Waals surface area contributed by atoms with Crippen molar-refractivity contribution in [3.8, 4) is 0 Å². The number of rotatable bonds is 1. The first-order valence-corrected chi connectivity index (χ1v) is 9.27. The number of cyclic esters (lactones) is 2. The van der Waals surface area contributed by atoms with E-state index < -0.39 is 5.97 Å². The Hall–Kier alpha value is -1.75. The zero-order valence-electron chi connectivity index (χ0n) is 14.0. The minimum absolute atomic E-state index is 0.251. The van der Waals surface area contributed by atoms with E-state index >= 15 is 0 Å². The lowest BCUT2D eigenvalue weighted by atomic mass is 10.1. The van der Waals surface area contributed by atoms with E-state index in [-0.39, 0.29) is 16.5 Å². The van der Waals surface area contributed by atoms with Crippen LogP contribution >= 0.6 is 11.8 Å². The first-order chi connectivity index (χ1) is 11.6. The summed E-state index contributed by atoms with van der Waals surface area (Å²) in [5, 5.41) is -0.716. The molecule has 2 atom stereocenters. The molecule has 1 heterocycles. The monoisotopic (exact) mass is 348 g/mol. The molecule has 1 fully saturated rings. The maximum Gasteiger partial charge on any atom is 0.334 e. The maximum absolute atomic E-state index is 12.3. The molecule has 0 amide bonds. The second-order valence-electron chi connectivity index (χ2n) is 5.81. The van der Waals surface area contributed by atoms with Gasteiger partial charge < -0.3 is 9.47 Å². The Labute approximate surface area is 147 Å².